The van der Waals surface area contributed by atoms with Gasteiger partial charge in [-0.2, -0.15) is 9.14 Å². The van der Waals surface area contributed by atoms with Crippen LogP contribution in [-0.4, -0.2) is 29.7 Å². The Morgan fingerprint density at radius 2 is 1.50 bits per heavy atom. The van der Waals surface area contributed by atoms with Crippen LogP contribution in [0.1, 0.15) is 39.5 Å². The van der Waals surface area contributed by atoms with Crippen LogP contribution in [0, 0.1) is 13.8 Å². The summed E-state index contributed by atoms with van der Waals surface area (Å²) in [5.74, 6) is 0.943. The molecule has 1 heterocycles. The van der Waals surface area contributed by atoms with Crippen LogP contribution in [0.15, 0.2) is 9.14 Å². The van der Waals surface area contributed by atoms with E-state index in [0.717, 1.165) is 27.7 Å². The van der Waals surface area contributed by atoms with Gasteiger partial charge in [-0.05, 0) is 0 Å². The Balaban J connectivity index is -0.000000166. The molecule has 16 heavy (non-hydrogen) atoms. The van der Waals surface area contributed by atoms with Crippen LogP contribution in [0.2, 0.25) is 0 Å². The first-order valence-electron chi connectivity index (χ1n) is 5.09. The van der Waals surface area contributed by atoms with E-state index < -0.39 is 0 Å². The Kier molecular flexibility index (Phi) is 27.1. The molecule has 0 aromatic rings. The summed E-state index contributed by atoms with van der Waals surface area (Å²) in [7, 11) is 3.34. The van der Waals surface area contributed by atoms with Gasteiger partial charge in [-0.25, -0.2) is 0 Å². The standard InChI is InChI=1S/2C4H9.C3H4S4.Sn/c2*1-3-4-2;4-2-1-6-7-3(2)5;/h2*1,3-4H2,2H3;4-5H,1H2;/q;;;+2/p-2. The molecular weight excluding hydrogens is 379 g/mol. The van der Waals surface area contributed by atoms with Crippen LogP contribution < -0.4 is 0 Å². The summed E-state index contributed by atoms with van der Waals surface area (Å²) < 4.78 is 0.903. The normalized spacial score (nSPS) is 13.0. The second-order valence-electron chi connectivity index (χ2n) is 2.76. The van der Waals surface area contributed by atoms with Gasteiger partial charge in [-0.1, -0.05) is 75.0 Å². The average molecular weight is 399 g/mol. The molecule has 0 saturated heterocycles. The number of rotatable bonds is 2. The molecule has 0 N–H and O–H groups in total. The minimum atomic E-state index is 0. The average Bonchev–Trinajstić information content (AvgIpc) is 2.64. The summed E-state index contributed by atoms with van der Waals surface area (Å²) in [6, 6.07) is 0. The zero-order chi connectivity index (χ0) is 12.1. The largest absolute Gasteiger partial charge is 2.00 e. The third-order valence-corrected chi connectivity index (χ3v) is 4.99. The Morgan fingerprint density at radius 3 is 1.56 bits per heavy atom. The molecule has 0 amide bonds. The van der Waals surface area contributed by atoms with Crippen molar-refractivity contribution >= 4 is 70.8 Å². The summed E-state index contributed by atoms with van der Waals surface area (Å²) in [4.78, 5) is 0.949. The van der Waals surface area contributed by atoms with Gasteiger partial charge in [-0.15, -0.1) is 0 Å². The Labute approximate surface area is 138 Å². The molecule has 1 aliphatic rings. The van der Waals surface area contributed by atoms with Crippen LogP contribution in [-0.2, 0) is 25.3 Å². The smallest absolute Gasteiger partial charge is 0.784 e. The molecular formula is C11H20S4Sn. The van der Waals surface area contributed by atoms with Crippen molar-refractivity contribution in [2.24, 2.45) is 0 Å². The molecule has 5 heteroatoms. The maximum atomic E-state index is 4.86. The quantitative estimate of drug-likeness (QED) is 0.381. The van der Waals surface area contributed by atoms with Gasteiger partial charge in [-0.3, -0.25) is 0 Å². The van der Waals surface area contributed by atoms with E-state index in [4.69, 9.17) is 25.3 Å². The third kappa shape index (κ3) is 18.1. The molecule has 4 radical (unpaired) electrons. The van der Waals surface area contributed by atoms with E-state index >= 15 is 0 Å². The molecule has 0 atom stereocenters. The predicted octanol–water partition coefficient (Wildman–Crippen LogP) is 4.50. The summed E-state index contributed by atoms with van der Waals surface area (Å²) >= 11 is 9.70. The van der Waals surface area contributed by atoms with Crippen LogP contribution in [0.4, 0.5) is 0 Å². The molecule has 0 aromatic carbocycles. The van der Waals surface area contributed by atoms with Gasteiger partial charge in [0, 0.05) is 5.75 Å². The maximum absolute atomic E-state index is 4.86. The van der Waals surface area contributed by atoms with Crippen LogP contribution in [0.3, 0.4) is 0 Å². The maximum Gasteiger partial charge on any atom is 2.00 e. The molecule has 0 nitrogen and oxygen atoms in total. The first kappa shape index (κ1) is 22.8. The molecule has 1 rings (SSSR count). The van der Waals surface area contributed by atoms with Gasteiger partial charge >= 0.3 is 23.9 Å². The fourth-order valence-corrected chi connectivity index (χ4v) is 3.35. The van der Waals surface area contributed by atoms with Crippen molar-refractivity contribution in [2.75, 3.05) is 5.75 Å². The monoisotopic (exact) mass is 400 g/mol. The van der Waals surface area contributed by atoms with E-state index in [0.29, 0.717) is 0 Å². The minimum Gasteiger partial charge on any atom is -0.784 e. The summed E-state index contributed by atoms with van der Waals surface area (Å²) in [6.07, 6.45) is 4.56. The first-order valence-corrected chi connectivity index (χ1v) is 8.22. The minimum absolute atomic E-state index is 0. The molecule has 0 spiro atoms. The molecule has 0 aromatic heterocycles. The van der Waals surface area contributed by atoms with Crippen molar-refractivity contribution in [1.82, 2.24) is 0 Å². The van der Waals surface area contributed by atoms with Crippen molar-refractivity contribution in [3.63, 3.8) is 0 Å². The van der Waals surface area contributed by atoms with Gasteiger partial charge in [0.2, 0.25) is 0 Å². The number of hydrogen-bond donors (Lipinski definition) is 0. The van der Waals surface area contributed by atoms with Gasteiger partial charge < -0.3 is 25.3 Å². The van der Waals surface area contributed by atoms with E-state index in [1.165, 1.54) is 12.8 Å². The van der Waals surface area contributed by atoms with Gasteiger partial charge in [0.05, 0.1) is 0 Å². The Bertz CT molecular complexity index is 140. The van der Waals surface area contributed by atoms with Crippen LogP contribution in [0.25, 0.3) is 0 Å². The van der Waals surface area contributed by atoms with E-state index in [1.54, 1.807) is 21.6 Å². The zero-order valence-electron chi connectivity index (χ0n) is 10.1. The van der Waals surface area contributed by atoms with Crippen LogP contribution in [0.5, 0.6) is 0 Å². The van der Waals surface area contributed by atoms with Crippen molar-refractivity contribution in [1.29, 1.82) is 0 Å². The number of hydrogen-bond acceptors (Lipinski definition) is 4. The fourth-order valence-electron chi connectivity index (χ4n) is 0.242. The van der Waals surface area contributed by atoms with Gasteiger partial charge in [0.15, 0.2) is 0 Å². The van der Waals surface area contributed by atoms with Crippen molar-refractivity contribution in [3.05, 3.63) is 23.0 Å². The SMILES string of the molecule is [CH2]CCC.[CH2]CCC.[S-]C1=C([S-])SSC1.[Sn+2]. The fraction of sp³-hybridized carbons (Fsp3) is 0.636. The summed E-state index contributed by atoms with van der Waals surface area (Å²) in [5.41, 5.74) is 0. The number of unbranched alkanes of at least 4 members (excludes halogenated alkanes) is 2. The zero-order valence-corrected chi connectivity index (χ0v) is 16.2. The Hall–Kier alpha value is 1.68. The topological polar surface area (TPSA) is 0 Å². The van der Waals surface area contributed by atoms with E-state index in [2.05, 4.69) is 27.7 Å². The molecule has 0 saturated carbocycles. The predicted molar refractivity (Wildman–Crippen MR) is 88.1 cm³/mol. The summed E-state index contributed by atoms with van der Waals surface area (Å²) in [6.45, 7) is 11.4. The molecule has 92 valence electrons. The van der Waals surface area contributed by atoms with Gasteiger partial charge in [0.1, 0.15) is 0 Å². The molecule has 0 fully saturated rings. The molecule has 0 aliphatic carbocycles. The second-order valence-corrected chi connectivity index (χ2v) is 6.23. The van der Waals surface area contributed by atoms with E-state index in [1.807, 2.05) is 0 Å². The van der Waals surface area contributed by atoms with E-state index in [9.17, 15) is 0 Å². The van der Waals surface area contributed by atoms with Crippen molar-refractivity contribution in [2.45, 2.75) is 39.5 Å². The molecule has 1 aliphatic heterocycles. The molecule has 0 unspecified atom stereocenters. The Morgan fingerprint density at radius 1 is 1.12 bits per heavy atom. The van der Waals surface area contributed by atoms with E-state index in [-0.39, 0.29) is 23.9 Å². The van der Waals surface area contributed by atoms with Gasteiger partial charge in [0.25, 0.3) is 0 Å². The van der Waals surface area contributed by atoms with Crippen LogP contribution >= 0.6 is 21.6 Å². The molecule has 0 bridgehead atoms. The first-order chi connectivity index (χ1) is 7.13. The summed E-state index contributed by atoms with van der Waals surface area (Å²) in [5, 5.41) is 0. The third-order valence-electron chi connectivity index (χ3n) is 1.26. The van der Waals surface area contributed by atoms with Crippen molar-refractivity contribution < 1.29 is 0 Å². The second kappa shape index (κ2) is 19.0. The van der Waals surface area contributed by atoms with Crippen molar-refractivity contribution in [3.8, 4) is 0 Å².